The lowest BCUT2D eigenvalue weighted by Gasteiger charge is -2.20. The van der Waals surface area contributed by atoms with Crippen LogP contribution in [0.25, 0.3) is 0 Å². The van der Waals surface area contributed by atoms with Gasteiger partial charge in [-0.1, -0.05) is 30.3 Å². The molecular weight excluding hydrogens is 394 g/mol. The van der Waals surface area contributed by atoms with Crippen molar-refractivity contribution in [2.75, 3.05) is 18.6 Å². The van der Waals surface area contributed by atoms with E-state index < -0.39 is 12.0 Å². The van der Waals surface area contributed by atoms with Gasteiger partial charge in [0.15, 0.2) is 0 Å². The van der Waals surface area contributed by atoms with Crippen LogP contribution in [0.3, 0.4) is 0 Å². The highest BCUT2D eigenvalue weighted by molar-refractivity contribution is 6.01. The summed E-state index contributed by atoms with van der Waals surface area (Å²) in [5.41, 5.74) is 1.86. The van der Waals surface area contributed by atoms with Crippen LogP contribution in [-0.4, -0.2) is 43.5 Å². The molecule has 0 saturated carbocycles. The number of carbonyl (C=O) groups is 3. The highest BCUT2D eigenvalue weighted by Gasteiger charge is 2.36. The first-order valence-electron chi connectivity index (χ1n) is 10.5. The van der Waals surface area contributed by atoms with Crippen LogP contribution in [0.5, 0.6) is 5.75 Å². The molecule has 0 spiro atoms. The van der Waals surface area contributed by atoms with E-state index in [1.165, 1.54) is 0 Å². The van der Waals surface area contributed by atoms with Gasteiger partial charge in [0.25, 0.3) is 0 Å². The molecule has 3 rings (SSSR count). The van der Waals surface area contributed by atoms with Gasteiger partial charge in [0.05, 0.1) is 13.0 Å². The third-order valence-corrected chi connectivity index (χ3v) is 5.41. The lowest BCUT2D eigenvalue weighted by molar-refractivity contribution is -0.131. The number of rotatable bonds is 8. The van der Waals surface area contributed by atoms with E-state index in [-0.39, 0.29) is 36.7 Å². The van der Waals surface area contributed by atoms with Gasteiger partial charge in [0.2, 0.25) is 17.7 Å². The number of anilines is 1. The van der Waals surface area contributed by atoms with Crippen LogP contribution >= 0.6 is 0 Å². The molecule has 2 N–H and O–H groups in total. The van der Waals surface area contributed by atoms with E-state index in [2.05, 4.69) is 10.6 Å². The van der Waals surface area contributed by atoms with Gasteiger partial charge < -0.3 is 20.3 Å². The number of amides is 3. The Morgan fingerprint density at radius 2 is 1.74 bits per heavy atom. The van der Waals surface area contributed by atoms with E-state index in [0.29, 0.717) is 12.2 Å². The Labute approximate surface area is 182 Å². The number of methoxy groups -OCH3 is 1. The Morgan fingerprint density at radius 1 is 1.06 bits per heavy atom. The molecular formula is C24H29N3O4. The fourth-order valence-corrected chi connectivity index (χ4v) is 3.68. The summed E-state index contributed by atoms with van der Waals surface area (Å²) in [7, 11) is 1.58. The maximum absolute atomic E-state index is 12.7. The first-order chi connectivity index (χ1) is 14.9. The predicted molar refractivity (Wildman–Crippen MR) is 119 cm³/mol. The number of carbonyl (C=O) groups excluding carboxylic acids is 3. The Hall–Kier alpha value is -3.35. The molecule has 31 heavy (non-hydrogen) atoms. The number of hydrogen-bond donors (Lipinski definition) is 2. The summed E-state index contributed by atoms with van der Waals surface area (Å²) < 4.78 is 5.14. The van der Waals surface area contributed by atoms with Gasteiger partial charge in [0.1, 0.15) is 11.8 Å². The zero-order chi connectivity index (χ0) is 22.4. The molecule has 2 aromatic rings. The van der Waals surface area contributed by atoms with Crippen LogP contribution in [0.15, 0.2) is 54.6 Å². The first kappa shape index (κ1) is 22.3. The second-order valence-corrected chi connectivity index (χ2v) is 7.93. The molecule has 1 fully saturated rings. The fraction of sp³-hybridized carbons (Fsp3) is 0.375. The normalized spacial score (nSPS) is 17.7. The van der Waals surface area contributed by atoms with E-state index >= 15 is 0 Å². The SMILES string of the molecule is COc1ccc(N2C[C@H](C(=O)N[C@@H](C)C(=O)N[C@H](C)Cc3ccccc3)CC2=O)cc1. The van der Waals surface area contributed by atoms with Crippen molar-refractivity contribution in [1.82, 2.24) is 10.6 Å². The van der Waals surface area contributed by atoms with Crippen LogP contribution in [0, 0.1) is 5.92 Å². The summed E-state index contributed by atoms with van der Waals surface area (Å²) in [6, 6.07) is 16.3. The third-order valence-electron chi connectivity index (χ3n) is 5.41. The van der Waals surface area contributed by atoms with Gasteiger partial charge in [-0.3, -0.25) is 14.4 Å². The first-order valence-corrected chi connectivity index (χ1v) is 10.5. The smallest absolute Gasteiger partial charge is 0.242 e. The van der Waals surface area contributed by atoms with Crippen molar-refractivity contribution in [2.24, 2.45) is 5.92 Å². The van der Waals surface area contributed by atoms with E-state index in [1.807, 2.05) is 37.3 Å². The maximum atomic E-state index is 12.7. The quantitative estimate of drug-likeness (QED) is 0.682. The minimum atomic E-state index is -0.684. The van der Waals surface area contributed by atoms with Gasteiger partial charge in [-0.05, 0) is 50.1 Å². The molecule has 7 heteroatoms. The summed E-state index contributed by atoms with van der Waals surface area (Å²) in [6.45, 7) is 3.87. The molecule has 0 aromatic heterocycles. The number of benzene rings is 2. The average molecular weight is 424 g/mol. The van der Waals surface area contributed by atoms with E-state index in [0.717, 1.165) is 11.3 Å². The third kappa shape index (κ3) is 5.84. The predicted octanol–water partition coefficient (Wildman–Crippen LogP) is 2.30. The van der Waals surface area contributed by atoms with Crippen molar-refractivity contribution >= 4 is 23.4 Å². The summed E-state index contributed by atoms with van der Waals surface area (Å²) in [6.07, 6.45) is 0.831. The molecule has 1 aliphatic rings. The van der Waals surface area contributed by atoms with Crippen molar-refractivity contribution in [2.45, 2.75) is 38.8 Å². The molecule has 0 unspecified atom stereocenters. The second-order valence-electron chi connectivity index (χ2n) is 7.93. The minimum absolute atomic E-state index is 0.0622. The molecule has 0 bridgehead atoms. The van der Waals surface area contributed by atoms with Gasteiger partial charge in [-0.25, -0.2) is 0 Å². The van der Waals surface area contributed by atoms with Gasteiger partial charge >= 0.3 is 0 Å². The number of nitrogens with one attached hydrogen (secondary N) is 2. The Kier molecular flexibility index (Phi) is 7.28. The number of hydrogen-bond acceptors (Lipinski definition) is 4. The summed E-state index contributed by atoms with van der Waals surface area (Å²) in [5.74, 6) is -0.438. The Balaban J connectivity index is 1.50. The van der Waals surface area contributed by atoms with Crippen molar-refractivity contribution in [3.05, 3.63) is 60.2 Å². The van der Waals surface area contributed by atoms with Crippen molar-refractivity contribution in [3.63, 3.8) is 0 Å². The zero-order valence-electron chi connectivity index (χ0n) is 18.1. The average Bonchev–Trinajstić information content (AvgIpc) is 3.16. The molecule has 0 aliphatic carbocycles. The highest BCUT2D eigenvalue weighted by Crippen LogP contribution is 2.27. The second kappa shape index (κ2) is 10.1. The zero-order valence-corrected chi connectivity index (χ0v) is 18.1. The topological polar surface area (TPSA) is 87.7 Å². The van der Waals surface area contributed by atoms with E-state index in [4.69, 9.17) is 4.74 Å². The molecule has 3 amide bonds. The number of ether oxygens (including phenoxy) is 1. The standard InChI is InChI=1S/C24H29N3O4/c1-16(13-18-7-5-4-6-8-18)25-23(29)17(2)26-24(30)19-14-22(28)27(15-19)20-9-11-21(31-3)12-10-20/h4-12,16-17,19H,13-15H2,1-3H3,(H,25,29)(H,26,30)/t16-,17+,19-/m1/s1. The fourth-order valence-electron chi connectivity index (χ4n) is 3.68. The molecule has 0 radical (unpaired) electrons. The Morgan fingerprint density at radius 3 is 2.39 bits per heavy atom. The molecule has 1 heterocycles. The van der Waals surface area contributed by atoms with Gasteiger partial charge in [0, 0.05) is 24.7 Å². The summed E-state index contributed by atoms with van der Waals surface area (Å²) >= 11 is 0. The monoisotopic (exact) mass is 423 g/mol. The van der Waals surface area contributed by atoms with Crippen LogP contribution in [-0.2, 0) is 20.8 Å². The van der Waals surface area contributed by atoms with Gasteiger partial charge in [-0.2, -0.15) is 0 Å². The molecule has 7 nitrogen and oxygen atoms in total. The van der Waals surface area contributed by atoms with E-state index in [1.54, 1.807) is 43.2 Å². The van der Waals surface area contributed by atoms with Crippen molar-refractivity contribution in [3.8, 4) is 5.75 Å². The molecule has 164 valence electrons. The van der Waals surface area contributed by atoms with Crippen LogP contribution in [0.4, 0.5) is 5.69 Å². The van der Waals surface area contributed by atoms with Crippen molar-refractivity contribution in [1.29, 1.82) is 0 Å². The lowest BCUT2D eigenvalue weighted by atomic mass is 10.1. The summed E-state index contributed by atoms with van der Waals surface area (Å²) in [4.78, 5) is 39.2. The summed E-state index contributed by atoms with van der Waals surface area (Å²) in [5, 5.41) is 5.69. The molecule has 1 aliphatic heterocycles. The molecule has 1 saturated heterocycles. The highest BCUT2D eigenvalue weighted by atomic mass is 16.5. The lowest BCUT2D eigenvalue weighted by Crippen LogP contribution is -2.49. The van der Waals surface area contributed by atoms with Crippen molar-refractivity contribution < 1.29 is 19.1 Å². The number of nitrogens with zero attached hydrogens (tertiary/aromatic N) is 1. The molecule has 3 atom stereocenters. The van der Waals surface area contributed by atoms with E-state index in [9.17, 15) is 14.4 Å². The van der Waals surface area contributed by atoms with Gasteiger partial charge in [-0.15, -0.1) is 0 Å². The van der Waals surface area contributed by atoms with Crippen LogP contribution in [0.1, 0.15) is 25.8 Å². The Bertz CT molecular complexity index is 914. The van der Waals surface area contributed by atoms with Crippen LogP contribution in [0.2, 0.25) is 0 Å². The maximum Gasteiger partial charge on any atom is 0.242 e. The van der Waals surface area contributed by atoms with Crippen LogP contribution < -0.4 is 20.3 Å². The molecule has 2 aromatic carbocycles. The minimum Gasteiger partial charge on any atom is -0.497 e. The largest absolute Gasteiger partial charge is 0.497 e.